The van der Waals surface area contributed by atoms with Gasteiger partial charge in [0, 0.05) is 43.5 Å². The van der Waals surface area contributed by atoms with Crippen molar-refractivity contribution >= 4 is 15.7 Å². The van der Waals surface area contributed by atoms with Gasteiger partial charge in [-0.3, -0.25) is 0 Å². The molecule has 1 aliphatic rings. The molecule has 0 N–H and O–H groups in total. The Morgan fingerprint density at radius 2 is 1.79 bits per heavy atom. The standard InChI is InChI=1S/C21H21FN2O3S/c1-27-21-7-4-6-18(17-21)5-2-3-16-28(25,26)24-14-12-23(13-15-24)20-10-8-19(22)9-11-20/h3-4,6-11,16-17H,12-15H2,1H3/b16-3+. The highest BCUT2D eigenvalue weighted by Gasteiger charge is 2.25. The zero-order valence-electron chi connectivity index (χ0n) is 15.5. The molecule has 1 fully saturated rings. The number of nitrogens with zero attached hydrogens (tertiary/aromatic N) is 2. The zero-order valence-corrected chi connectivity index (χ0v) is 16.3. The van der Waals surface area contributed by atoms with E-state index < -0.39 is 10.0 Å². The molecule has 0 spiro atoms. The molecule has 1 heterocycles. The van der Waals surface area contributed by atoms with Gasteiger partial charge in [0.2, 0.25) is 10.0 Å². The monoisotopic (exact) mass is 400 g/mol. The Bertz CT molecular complexity index is 1000. The van der Waals surface area contributed by atoms with Gasteiger partial charge in [-0.25, -0.2) is 12.8 Å². The van der Waals surface area contributed by atoms with E-state index in [1.165, 1.54) is 22.5 Å². The minimum absolute atomic E-state index is 0.287. The number of ether oxygens (including phenoxy) is 1. The maximum atomic E-state index is 13.0. The first-order valence-corrected chi connectivity index (χ1v) is 10.3. The first kappa shape index (κ1) is 19.9. The van der Waals surface area contributed by atoms with E-state index in [-0.39, 0.29) is 5.82 Å². The Hall–Kier alpha value is -2.82. The number of benzene rings is 2. The molecule has 0 unspecified atom stereocenters. The minimum atomic E-state index is -3.52. The summed E-state index contributed by atoms with van der Waals surface area (Å²) in [6.45, 7) is 1.84. The second-order valence-corrected chi connectivity index (χ2v) is 8.03. The Morgan fingerprint density at radius 3 is 2.46 bits per heavy atom. The predicted octanol–water partition coefficient (Wildman–Crippen LogP) is 2.85. The van der Waals surface area contributed by atoms with Crippen molar-refractivity contribution in [2.45, 2.75) is 0 Å². The Morgan fingerprint density at radius 1 is 1.07 bits per heavy atom. The van der Waals surface area contributed by atoms with Crippen molar-refractivity contribution in [3.8, 4) is 17.6 Å². The third-order valence-corrected chi connectivity index (χ3v) is 5.96. The summed E-state index contributed by atoms with van der Waals surface area (Å²) in [5.74, 6) is 6.05. The normalized spacial score (nSPS) is 15.3. The van der Waals surface area contributed by atoms with Crippen LogP contribution in [0.25, 0.3) is 0 Å². The maximum absolute atomic E-state index is 13.0. The number of allylic oxidation sites excluding steroid dienone is 1. The van der Waals surface area contributed by atoms with E-state index in [9.17, 15) is 12.8 Å². The maximum Gasteiger partial charge on any atom is 0.236 e. The van der Waals surface area contributed by atoms with Crippen LogP contribution in [0.3, 0.4) is 0 Å². The van der Waals surface area contributed by atoms with Crippen molar-refractivity contribution in [1.82, 2.24) is 4.31 Å². The smallest absolute Gasteiger partial charge is 0.236 e. The van der Waals surface area contributed by atoms with Crippen molar-refractivity contribution in [3.63, 3.8) is 0 Å². The summed E-state index contributed by atoms with van der Waals surface area (Å²) in [5.41, 5.74) is 1.63. The summed E-state index contributed by atoms with van der Waals surface area (Å²) < 4.78 is 44.5. The van der Waals surface area contributed by atoms with E-state index in [0.29, 0.717) is 31.9 Å². The third kappa shape index (κ3) is 5.12. The zero-order chi connectivity index (χ0) is 20.0. The van der Waals surface area contributed by atoms with Gasteiger partial charge >= 0.3 is 0 Å². The van der Waals surface area contributed by atoms with Gasteiger partial charge in [-0.2, -0.15) is 4.31 Å². The summed E-state index contributed by atoms with van der Waals surface area (Å²) in [7, 11) is -1.95. The molecule has 5 nitrogen and oxygen atoms in total. The predicted molar refractivity (Wildman–Crippen MR) is 108 cm³/mol. The van der Waals surface area contributed by atoms with Crippen LogP contribution in [0, 0.1) is 17.7 Å². The number of hydrogen-bond donors (Lipinski definition) is 0. The molecule has 146 valence electrons. The van der Waals surface area contributed by atoms with E-state index in [2.05, 4.69) is 11.8 Å². The van der Waals surface area contributed by atoms with E-state index in [1.807, 2.05) is 23.1 Å². The topological polar surface area (TPSA) is 49.9 Å². The fourth-order valence-corrected chi connectivity index (χ4v) is 3.97. The van der Waals surface area contributed by atoms with E-state index in [0.717, 1.165) is 16.7 Å². The molecule has 0 radical (unpaired) electrons. The van der Waals surface area contributed by atoms with Crippen molar-refractivity contribution in [1.29, 1.82) is 0 Å². The summed E-state index contributed by atoms with van der Waals surface area (Å²) in [6.07, 6.45) is 1.35. The van der Waals surface area contributed by atoms with Crippen molar-refractivity contribution in [2.24, 2.45) is 0 Å². The Balaban J connectivity index is 1.59. The molecule has 0 saturated carbocycles. The van der Waals surface area contributed by atoms with Crippen LogP contribution >= 0.6 is 0 Å². The fraction of sp³-hybridized carbons (Fsp3) is 0.238. The lowest BCUT2D eigenvalue weighted by Crippen LogP contribution is -2.48. The van der Waals surface area contributed by atoms with Crippen LogP contribution in [0.2, 0.25) is 0 Å². The molecule has 0 aromatic heterocycles. The lowest BCUT2D eigenvalue weighted by molar-refractivity contribution is 0.390. The summed E-state index contributed by atoms with van der Waals surface area (Å²) in [5, 5.41) is 1.13. The lowest BCUT2D eigenvalue weighted by atomic mass is 10.2. The quantitative estimate of drug-likeness (QED) is 0.741. The minimum Gasteiger partial charge on any atom is -0.497 e. The first-order chi connectivity index (χ1) is 13.5. The first-order valence-electron chi connectivity index (χ1n) is 8.81. The molecule has 0 aliphatic carbocycles. The van der Waals surface area contributed by atoms with Gasteiger partial charge in [-0.15, -0.1) is 0 Å². The molecule has 3 rings (SSSR count). The highest BCUT2D eigenvalue weighted by molar-refractivity contribution is 7.92. The van der Waals surface area contributed by atoms with Gasteiger partial charge in [-0.1, -0.05) is 17.9 Å². The highest BCUT2D eigenvalue weighted by Crippen LogP contribution is 2.18. The second kappa shape index (κ2) is 8.91. The van der Waals surface area contributed by atoms with Crippen LogP contribution in [0.15, 0.2) is 60.0 Å². The summed E-state index contributed by atoms with van der Waals surface area (Å²) >= 11 is 0. The number of sulfonamides is 1. The molecular formula is C21H21FN2O3S. The average molecular weight is 400 g/mol. The lowest BCUT2D eigenvalue weighted by Gasteiger charge is -2.34. The van der Waals surface area contributed by atoms with E-state index >= 15 is 0 Å². The van der Waals surface area contributed by atoms with Gasteiger partial charge in [0.05, 0.1) is 12.5 Å². The number of hydrogen-bond acceptors (Lipinski definition) is 4. The van der Waals surface area contributed by atoms with Gasteiger partial charge < -0.3 is 9.64 Å². The highest BCUT2D eigenvalue weighted by atomic mass is 32.2. The molecule has 0 amide bonds. The molecule has 1 aliphatic heterocycles. The van der Waals surface area contributed by atoms with Crippen molar-refractivity contribution in [2.75, 3.05) is 38.2 Å². The van der Waals surface area contributed by atoms with Crippen LogP contribution in [0.5, 0.6) is 5.75 Å². The number of anilines is 1. The van der Waals surface area contributed by atoms with Crippen LogP contribution in [0.1, 0.15) is 5.56 Å². The molecule has 2 aromatic carbocycles. The van der Waals surface area contributed by atoms with Crippen LogP contribution < -0.4 is 9.64 Å². The molecule has 7 heteroatoms. The van der Waals surface area contributed by atoms with Crippen LogP contribution in [-0.2, 0) is 10.0 Å². The summed E-state index contributed by atoms with van der Waals surface area (Å²) in [4.78, 5) is 2.04. The average Bonchev–Trinajstić information content (AvgIpc) is 2.72. The number of halogens is 1. The molecule has 2 aromatic rings. The number of piperazine rings is 1. The molecule has 1 saturated heterocycles. The number of rotatable bonds is 4. The Kier molecular flexibility index (Phi) is 6.34. The van der Waals surface area contributed by atoms with Crippen LogP contribution in [0.4, 0.5) is 10.1 Å². The number of methoxy groups -OCH3 is 1. The fourth-order valence-electron chi connectivity index (χ4n) is 2.88. The molecular weight excluding hydrogens is 379 g/mol. The molecule has 28 heavy (non-hydrogen) atoms. The van der Waals surface area contributed by atoms with Gasteiger partial charge in [-0.05, 0) is 42.5 Å². The Labute approximate surface area is 165 Å². The SMILES string of the molecule is COc1cccc(C#C/C=C/S(=O)(=O)N2CCN(c3ccc(F)cc3)CC2)c1. The second-order valence-electron chi connectivity index (χ2n) is 6.21. The third-order valence-electron chi connectivity index (χ3n) is 4.40. The van der Waals surface area contributed by atoms with E-state index in [4.69, 9.17) is 4.74 Å². The van der Waals surface area contributed by atoms with Crippen molar-refractivity contribution in [3.05, 3.63) is 71.4 Å². The van der Waals surface area contributed by atoms with Crippen LogP contribution in [-0.4, -0.2) is 46.0 Å². The van der Waals surface area contributed by atoms with Crippen molar-refractivity contribution < 1.29 is 17.5 Å². The van der Waals surface area contributed by atoms with Gasteiger partial charge in [0.15, 0.2) is 0 Å². The largest absolute Gasteiger partial charge is 0.497 e. The molecule has 0 atom stereocenters. The van der Waals surface area contributed by atoms with Gasteiger partial charge in [0.25, 0.3) is 0 Å². The van der Waals surface area contributed by atoms with E-state index in [1.54, 1.807) is 25.3 Å². The molecule has 0 bridgehead atoms. The summed E-state index contributed by atoms with van der Waals surface area (Å²) in [6, 6.07) is 13.5. The van der Waals surface area contributed by atoms with Gasteiger partial charge in [0.1, 0.15) is 11.6 Å².